The maximum atomic E-state index is 6.06. The van der Waals surface area contributed by atoms with Crippen molar-refractivity contribution in [3.63, 3.8) is 0 Å². The van der Waals surface area contributed by atoms with Crippen molar-refractivity contribution >= 4 is 0 Å². The molecule has 0 saturated carbocycles. The predicted molar refractivity (Wildman–Crippen MR) is 89.9 cm³/mol. The van der Waals surface area contributed by atoms with E-state index in [2.05, 4.69) is 49.7 Å². The summed E-state index contributed by atoms with van der Waals surface area (Å²) < 4.78 is 8.12. The van der Waals surface area contributed by atoms with Crippen LogP contribution in [-0.2, 0) is 11.2 Å². The van der Waals surface area contributed by atoms with Crippen molar-refractivity contribution in [3.05, 3.63) is 41.5 Å². The van der Waals surface area contributed by atoms with Gasteiger partial charge in [0.1, 0.15) is 5.82 Å². The Morgan fingerprint density at radius 3 is 2.61 bits per heavy atom. The molecule has 122 valence electrons. The fourth-order valence-electron chi connectivity index (χ4n) is 3.85. The summed E-state index contributed by atoms with van der Waals surface area (Å²) in [5.41, 5.74) is 2.37. The van der Waals surface area contributed by atoms with E-state index in [0.29, 0.717) is 24.0 Å². The van der Waals surface area contributed by atoms with Crippen LogP contribution in [0.3, 0.4) is 0 Å². The molecule has 2 fully saturated rings. The Morgan fingerprint density at radius 2 is 2.00 bits per heavy atom. The Labute approximate surface area is 137 Å². The third kappa shape index (κ3) is 2.80. The summed E-state index contributed by atoms with van der Waals surface area (Å²) in [7, 11) is 0. The first-order valence-corrected chi connectivity index (χ1v) is 8.78. The van der Waals surface area contributed by atoms with Gasteiger partial charge in [0.25, 0.3) is 0 Å². The van der Waals surface area contributed by atoms with Crippen LogP contribution in [0.1, 0.15) is 56.2 Å². The largest absolute Gasteiger partial charge is 0.374 e. The molecule has 2 aromatic rings. The van der Waals surface area contributed by atoms with Gasteiger partial charge in [-0.2, -0.15) is 5.10 Å². The molecule has 0 spiro atoms. The van der Waals surface area contributed by atoms with Gasteiger partial charge in [-0.3, -0.25) is 0 Å². The van der Waals surface area contributed by atoms with E-state index in [1.807, 2.05) is 0 Å². The molecule has 0 radical (unpaired) electrons. The average Bonchev–Trinajstić information content (AvgIpc) is 3.22. The first-order chi connectivity index (χ1) is 11.1. The molecule has 3 atom stereocenters. The lowest BCUT2D eigenvalue weighted by Crippen LogP contribution is -2.19. The number of fused-ring (bicyclic) bond motifs is 2. The van der Waals surface area contributed by atoms with E-state index < -0.39 is 0 Å². The second kappa shape index (κ2) is 5.75. The lowest BCUT2D eigenvalue weighted by atomic mass is 9.88. The third-order valence-electron chi connectivity index (χ3n) is 4.98. The predicted octanol–water partition coefficient (Wildman–Crippen LogP) is 3.81. The molecule has 0 N–H and O–H groups in total. The highest BCUT2D eigenvalue weighted by Gasteiger charge is 2.44. The number of aryl methyl sites for hydroxylation is 1. The van der Waals surface area contributed by atoms with Crippen molar-refractivity contribution in [1.29, 1.82) is 0 Å². The van der Waals surface area contributed by atoms with Gasteiger partial charge in [-0.15, -0.1) is 0 Å². The maximum Gasteiger partial charge on any atom is 0.151 e. The highest BCUT2D eigenvalue weighted by atomic mass is 16.5. The molecule has 4 heteroatoms. The molecular formula is C19H25N3O. The number of hydrogen-bond acceptors (Lipinski definition) is 3. The second-order valence-corrected chi connectivity index (χ2v) is 7.45. The van der Waals surface area contributed by atoms with Gasteiger partial charge in [-0.1, -0.05) is 31.5 Å². The van der Waals surface area contributed by atoms with Crippen molar-refractivity contribution < 1.29 is 4.74 Å². The van der Waals surface area contributed by atoms with Gasteiger partial charge in [0.05, 0.1) is 17.9 Å². The molecule has 23 heavy (non-hydrogen) atoms. The van der Waals surface area contributed by atoms with Gasteiger partial charge in [0, 0.05) is 12.3 Å². The van der Waals surface area contributed by atoms with Crippen LogP contribution in [-0.4, -0.2) is 27.0 Å². The minimum absolute atomic E-state index is 0.334. The molecule has 4 rings (SSSR count). The summed E-state index contributed by atoms with van der Waals surface area (Å²) in [4.78, 5) is 4.92. The molecule has 0 amide bonds. The quantitative estimate of drug-likeness (QED) is 0.862. The Balaban J connectivity index is 1.73. The van der Waals surface area contributed by atoms with Gasteiger partial charge >= 0.3 is 0 Å². The third-order valence-corrected chi connectivity index (χ3v) is 4.98. The Kier molecular flexibility index (Phi) is 3.72. The molecule has 1 aromatic carbocycles. The fraction of sp³-hybridized carbons (Fsp3) is 0.579. The number of benzene rings is 1. The summed E-state index contributed by atoms with van der Waals surface area (Å²) in [6.07, 6.45) is 5.15. The minimum Gasteiger partial charge on any atom is -0.374 e. The minimum atomic E-state index is 0.334. The zero-order valence-corrected chi connectivity index (χ0v) is 14.2. The van der Waals surface area contributed by atoms with Crippen molar-refractivity contribution in [2.24, 2.45) is 5.92 Å². The van der Waals surface area contributed by atoms with Crippen LogP contribution in [0, 0.1) is 12.8 Å². The van der Waals surface area contributed by atoms with E-state index in [0.717, 1.165) is 36.6 Å². The van der Waals surface area contributed by atoms with Crippen LogP contribution < -0.4 is 0 Å². The monoisotopic (exact) mass is 311 g/mol. The van der Waals surface area contributed by atoms with E-state index in [1.165, 1.54) is 12.0 Å². The molecule has 2 saturated heterocycles. The number of aromatic nitrogens is 3. The normalized spacial score (nSPS) is 26.3. The molecule has 0 aliphatic carbocycles. The smallest absolute Gasteiger partial charge is 0.151 e. The van der Waals surface area contributed by atoms with Crippen LogP contribution in [0.15, 0.2) is 24.3 Å². The van der Waals surface area contributed by atoms with Crippen LogP contribution >= 0.6 is 0 Å². The second-order valence-electron chi connectivity index (χ2n) is 7.45. The highest BCUT2D eigenvalue weighted by Crippen LogP contribution is 2.44. The van der Waals surface area contributed by atoms with Crippen molar-refractivity contribution in [2.45, 2.75) is 64.6 Å². The van der Waals surface area contributed by atoms with Gasteiger partial charge in [-0.05, 0) is 44.2 Å². The van der Waals surface area contributed by atoms with Crippen LogP contribution in [0.4, 0.5) is 0 Å². The summed E-state index contributed by atoms with van der Waals surface area (Å²) >= 11 is 0. The van der Waals surface area contributed by atoms with Crippen LogP contribution in [0.2, 0.25) is 0 Å². The molecule has 4 nitrogen and oxygen atoms in total. The van der Waals surface area contributed by atoms with E-state index in [1.54, 1.807) is 0 Å². The van der Waals surface area contributed by atoms with E-state index in [-0.39, 0.29) is 0 Å². The highest BCUT2D eigenvalue weighted by molar-refractivity contribution is 5.35. The average molecular weight is 311 g/mol. The summed E-state index contributed by atoms with van der Waals surface area (Å²) in [6.45, 7) is 6.54. The number of hydrogen-bond donors (Lipinski definition) is 0. The van der Waals surface area contributed by atoms with E-state index in [4.69, 9.17) is 14.8 Å². The Hall–Kier alpha value is -1.68. The molecular weight excluding hydrogens is 286 g/mol. The molecule has 2 aliphatic heterocycles. The Morgan fingerprint density at radius 1 is 1.22 bits per heavy atom. The van der Waals surface area contributed by atoms with Gasteiger partial charge in [-0.25, -0.2) is 9.67 Å². The first kappa shape index (κ1) is 14.9. The lowest BCUT2D eigenvalue weighted by molar-refractivity contribution is 0.0997. The molecule has 2 aliphatic rings. The van der Waals surface area contributed by atoms with Gasteiger partial charge < -0.3 is 4.74 Å². The fourth-order valence-corrected chi connectivity index (χ4v) is 3.85. The molecule has 0 unspecified atom stereocenters. The molecule has 1 aromatic heterocycles. The first-order valence-electron chi connectivity index (χ1n) is 8.78. The SMILES string of the molecule is Cc1ccc(-n2nc(CC(C)C)nc2[C@@H]2C[C@@H]3CC[C@H]2O3)cc1. The van der Waals surface area contributed by atoms with Gasteiger partial charge in [0.2, 0.25) is 0 Å². The summed E-state index contributed by atoms with van der Waals surface area (Å²) in [6, 6.07) is 8.56. The van der Waals surface area contributed by atoms with Crippen molar-refractivity contribution in [1.82, 2.24) is 14.8 Å². The topological polar surface area (TPSA) is 39.9 Å². The molecule has 3 heterocycles. The van der Waals surface area contributed by atoms with E-state index in [9.17, 15) is 0 Å². The van der Waals surface area contributed by atoms with Crippen LogP contribution in [0.5, 0.6) is 0 Å². The summed E-state index contributed by atoms with van der Waals surface area (Å²) in [5, 5.41) is 4.83. The maximum absolute atomic E-state index is 6.06. The van der Waals surface area contributed by atoms with Crippen molar-refractivity contribution in [3.8, 4) is 5.69 Å². The van der Waals surface area contributed by atoms with Gasteiger partial charge in [0.15, 0.2) is 5.82 Å². The van der Waals surface area contributed by atoms with Crippen molar-refractivity contribution in [2.75, 3.05) is 0 Å². The number of rotatable bonds is 4. The number of nitrogens with zero attached hydrogens (tertiary/aromatic N) is 3. The summed E-state index contributed by atoms with van der Waals surface area (Å²) in [5.74, 6) is 3.01. The lowest BCUT2D eigenvalue weighted by Gasteiger charge is -2.18. The van der Waals surface area contributed by atoms with Crippen LogP contribution in [0.25, 0.3) is 5.69 Å². The Bertz CT molecular complexity index is 689. The standard InChI is InChI=1S/C19H25N3O/c1-12(2)10-18-20-19(16-11-15-8-9-17(16)23-15)22(21-18)14-6-4-13(3)5-7-14/h4-7,12,15-17H,8-11H2,1-3H3/t15-,16+,17+/m0/s1. The zero-order chi connectivity index (χ0) is 16.0. The molecule has 2 bridgehead atoms. The number of ether oxygens (including phenoxy) is 1. The zero-order valence-electron chi connectivity index (χ0n) is 14.2. The van der Waals surface area contributed by atoms with E-state index >= 15 is 0 Å².